The van der Waals surface area contributed by atoms with Crippen molar-refractivity contribution in [2.75, 3.05) is 18.4 Å². The first-order chi connectivity index (χ1) is 9.63. The summed E-state index contributed by atoms with van der Waals surface area (Å²) in [6, 6.07) is 3.31. The Kier molecular flexibility index (Phi) is 3.92. The number of hydrogen-bond acceptors (Lipinski definition) is 4. The molecule has 2 aliphatic heterocycles. The summed E-state index contributed by atoms with van der Waals surface area (Å²) in [5, 5.41) is 3.61. The minimum atomic E-state index is 0.451. The summed E-state index contributed by atoms with van der Waals surface area (Å²) < 4.78 is 0. The summed E-state index contributed by atoms with van der Waals surface area (Å²) in [6.07, 6.45) is 5.27. The van der Waals surface area contributed by atoms with Crippen LogP contribution >= 0.6 is 0 Å². The number of aromatic nitrogens is 2. The first-order valence-corrected chi connectivity index (χ1v) is 7.99. The van der Waals surface area contributed by atoms with Gasteiger partial charge in [0.15, 0.2) is 0 Å². The molecule has 20 heavy (non-hydrogen) atoms. The van der Waals surface area contributed by atoms with Crippen molar-refractivity contribution in [3.05, 3.63) is 17.5 Å². The molecule has 0 aliphatic carbocycles. The molecular formula is C16H26N4. The van der Waals surface area contributed by atoms with Crippen molar-refractivity contribution in [3.8, 4) is 0 Å². The second-order valence-corrected chi connectivity index (χ2v) is 6.55. The molecule has 0 amide bonds. The largest absolute Gasteiger partial charge is 0.350 e. The van der Waals surface area contributed by atoms with E-state index < -0.39 is 0 Å². The maximum Gasteiger partial charge on any atom is 0.223 e. The maximum atomic E-state index is 4.69. The highest BCUT2D eigenvalue weighted by Gasteiger charge is 2.35. The molecular weight excluding hydrogens is 248 g/mol. The molecule has 4 nitrogen and oxygen atoms in total. The minimum absolute atomic E-state index is 0.451. The second kappa shape index (κ2) is 5.68. The van der Waals surface area contributed by atoms with E-state index in [0.717, 1.165) is 17.3 Å². The predicted octanol–water partition coefficient (Wildman–Crippen LogP) is 2.95. The van der Waals surface area contributed by atoms with Crippen LogP contribution in [0.1, 0.15) is 56.8 Å². The zero-order valence-electron chi connectivity index (χ0n) is 12.9. The average Bonchev–Trinajstić information content (AvgIpc) is 2.82. The van der Waals surface area contributed by atoms with Gasteiger partial charge >= 0.3 is 0 Å². The van der Waals surface area contributed by atoms with E-state index in [1.165, 1.54) is 38.8 Å². The lowest BCUT2D eigenvalue weighted by atomic mass is 9.99. The molecule has 2 aliphatic rings. The van der Waals surface area contributed by atoms with E-state index >= 15 is 0 Å². The Hall–Kier alpha value is -1.16. The van der Waals surface area contributed by atoms with Gasteiger partial charge in [0.1, 0.15) is 0 Å². The summed E-state index contributed by atoms with van der Waals surface area (Å²) in [6.45, 7) is 8.92. The third-order valence-corrected chi connectivity index (χ3v) is 4.64. The smallest absolute Gasteiger partial charge is 0.223 e. The molecule has 2 unspecified atom stereocenters. The van der Waals surface area contributed by atoms with Gasteiger partial charge in [-0.05, 0) is 44.7 Å². The zero-order chi connectivity index (χ0) is 14.1. The standard InChI is InChI=1S/C16H26N4/c1-11(2)14-10-12(3)17-16(19-14)18-13-7-9-20-8-5-4-6-15(13)20/h10-11,13,15H,4-9H2,1-3H3,(H,17,18,19). The Bertz CT molecular complexity index is 472. The van der Waals surface area contributed by atoms with E-state index in [1.807, 2.05) is 0 Å². The molecule has 2 fully saturated rings. The van der Waals surface area contributed by atoms with Gasteiger partial charge in [-0.3, -0.25) is 4.90 Å². The number of rotatable bonds is 3. The first-order valence-electron chi connectivity index (χ1n) is 7.99. The first kappa shape index (κ1) is 13.8. The Morgan fingerprint density at radius 1 is 1.20 bits per heavy atom. The van der Waals surface area contributed by atoms with Crippen LogP contribution < -0.4 is 5.32 Å². The van der Waals surface area contributed by atoms with Crippen LogP contribution in [0.3, 0.4) is 0 Å². The van der Waals surface area contributed by atoms with Crippen LogP contribution in [0.15, 0.2) is 6.07 Å². The van der Waals surface area contributed by atoms with Crippen molar-refractivity contribution in [3.63, 3.8) is 0 Å². The van der Waals surface area contributed by atoms with E-state index in [9.17, 15) is 0 Å². The molecule has 0 radical (unpaired) electrons. The van der Waals surface area contributed by atoms with Crippen LogP contribution in [-0.4, -0.2) is 40.0 Å². The average molecular weight is 274 g/mol. The number of nitrogens with zero attached hydrogens (tertiary/aromatic N) is 3. The SMILES string of the molecule is Cc1cc(C(C)C)nc(NC2CCN3CCCCC23)n1. The third-order valence-electron chi connectivity index (χ3n) is 4.64. The number of piperidine rings is 1. The number of aryl methyl sites for hydroxylation is 1. The highest BCUT2D eigenvalue weighted by molar-refractivity contribution is 5.31. The van der Waals surface area contributed by atoms with E-state index in [0.29, 0.717) is 18.0 Å². The molecule has 0 aromatic carbocycles. The molecule has 3 heterocycles. The summed E-state index contributed by atoms with van der Waals surface area (Å²) in [7, 11) is 0. The fraction of sp³-hybridized carbons (Fsp3) is 0.750. The van der Waals surface area contributed by atoms with E-state index in [4.69, 9.17) is 4.98 Å². The highest BCUT2D eigenvalue weighted by atomic mass is 15.2. The summed E-state index contributed by atoms with van der Waals surface area (Å²) in [5.74, 6) is 1.28. The lowest BCUT2D eigenvalue weighted by molar-refractivity contribution is 0.192. The van der Waals surface area contributed by atoms with Gasteiger partial charge in [-0.25, -0.2) is 9.97 Å². The molecule has 2 saturated heterocycles. The van der Waals surface area contributed by atoms with Crippen molar-refractivity contribution in [1.29, 1.82) is 0 Å². The van der Waals surface area contributed by atoms with Crippen molar-refractivity contribution >= 4 is 5.95 Å². The van der Waals surface area contributed by atoms with Crippen LogP contribution in [0.5, 0.6) is 0 Å². The van der Waals surface area contributed by atoms with Crippen molar-refractivity contribution in [2.45, 2.75) is 64.5 Å². The fourth-order valence-electron chi connectivity index (χ4n) is 3.53. The van der Waals surface area contributed by atoms with Gasteiger partial charge in [0, 0.05) is 30.0 Å². The quantitative estimate of drug-likeness (QED) is 0.920. The molecule has 1 aromatic heterocycles. The summed E-state index contributed by atoms with van der Waals surface area (Å²) >= 11 is 0. The van der Waals surface area contributed by atoms with Gasteiger partial charge in [0.05, 0.1) is 0 Å². The van der Waals surface area contributed by atoms with Crippen LogP contribution in [-0.2, 0) is 0 Å². The Labute approximate surface area is 122 Å². The lowest BCUT2D eigenvalue weighted by Gasteiger charge is -2.32. The Morgan fingerprint density at radius 3 is 2.85 bits per heavy atom. The van der Waals surface area contributed by atoms with Crippen molar-refractivity contribution in [1.82, 2.24) is 14.9 Å². The molecule has 3 rings (SSSR count). The van der Waals surface area contributed by atoms with E-state index in [-0.39, 0.29) is 0 Å². The molecule has 2 atom stereocenters. The van der Waals surface area contributed by atoms with Gasteiger partial charge in [-0.2, -0.15) is 0 Å². The van der Waals surface area contributed by atoms with Gasteiger partial charge in [0.25, 0.3) is 0 Å². The lowest BCUT2D eigenvalue weighted by Crippen LogP contribution is -2.42. The molecule has 110 valence electrons. The molecule has 0 saturated carbocycles. The molecule has 1 N–H and O–H groups in total. The minimum Gasteiger partial charge on any atom is -0.350 e. The summed E-state index contributed by atoms with van der Waals surface area (Å²) in [4.78, 5) is 11.9. The molecule has 4 heteroatoms. The maximum absolute atomic E-state index is 4.69. The Balaban J connectivity index is 1.74. The Morgan fingerprint density at radius 2 is 2.05 bits per heavy atom. The van der Waals surface area contributed by atoms with Crippen LogP contribution in [0.4, 0.5) is 5.95 Å². The molecule has 0 bridgehead atoms. The van der Waals surface area contributed by atoms with Crippen LogP contribution in [0.2, 0.25) is 0 Å². The number of fused-ring (bicyclic) bond motifs is 1. The second-order valence-electron chi connectivity index (χ2n) is 6.55. The zero-order valence-corrected chi connectivity index (χ0v) is 12.9. The van der Waals surface area contributed by atoms with E-state index in [1.54, 1.807) is 0 Å². The van der Waals surface area contributed by atoms with Crippen molar-refractivity contribution < 1.29 is 0 Å². The van der Waals surface area contributed by atoms with Gasteiger partial charge < -0.3 is 5.32 Å². The third kappa shape index (κ3) is 2.80. The predicted molar refractivity (Wildman–Crippen MR) is 82.1 cm³/mol. The molecule has 0 spiro atoms. The van der Waals surface area contributed by atoms with Crippen LogP contribution in [0, 0.1) is 6.92 Å². The van der Waals surface area contributed by atoms with Gasteiger partial charge in [0.2, 0.25) is 5.95 Å². The number of anilines is 1. The number of nitrogens with one attached hydrogen (secondary N) is 1. The summed E-state index contributed by atoms with van der Waals surface area (Å²) in [5.41, 5.74) is 2.20. The van der Waals surface area contributed by atoms with Gasteiger partial charge in [-0.1, -0.05) is 20.3 Å². The van der Waals surface area contributed by atoms with Crippen LogP contribution in [0.25, 0.3) is 0 Å². The van der Waals surface area contributed by atoms with Gasteiger partial charge in [-0.15, -0.1) is 0 Å². The monoisotopic (exact) mass is 274 g/mol. The normalized spacial score (nSPS) is 26.8. The highest BCUT2D eigenvalue weighted by Crippen LogP contribution is 2.29. The fourth-order valence-corrected chi connectivity index (χ4v) is 3.53. The topological polar surface area (TPSA) is 41.1 Å². The molecule has 1 aromatic rings. The van der Waals surface area contributed by atoms with E-state index in [2.05, 4.69) is 42.0 Å². The number of hydrogen-bond donors (Lipinski definition) is 1. The van der Waals surface area contributed by atoms with Crippen molar-refractivity contribution in [2.24, 2.45) is 0 Å².